The summed E-state index contributed by atoms with van der Waals surface area (Å²) >= 11 is 0. The SMILES string of the molecule is C[Si](C)(C1=C2CCCCC2=CC1)C1CCC2CCCCC21. The first kappa shape index (κ1) is 14.3. The normalized spacial score (nSPS) is 36.5. The third-order valence-corrected chi connectivity index (χ3v) is 12.1. The Labute approximate surface area is 132 Å². The van der Waals surface area contributed by atoms with Crippen LogP contribution in [0.5, 0.6) is 0 Å². The van der Waals surface area contributed by atoms with Gasteiger partial charge in [-0.25, -0.2) is 0 Å². The summed E-state index contributed by atoms with van der Waals surface area (Å²) in [6, 6.07) is 0. The average Bonchev–Trinajstić information content (AvgIpc) is 3.12. The van der Waals surface area contributed by atoms with Crippen molar-refractivity contribution in [3.05, 3.63) is 22.4 Å². The Morgan fingerprint density at radius 1 is 0.905 bits per heavy atom. The maximum Gasteiger partial charge on any atom is 0.0795 e. The van der Waals surface area contributed by atoms with E-state index in [1.807, 2.05) is 10.8 Å². The second-order valence-electron chi connectivity index (χ2n) is 8.71. The first-order valence-electron chi connectivity index (χ1n) is 9.60. The van der Waals surface area contributed by atoms with Crippen LogP contribution < -0.4 is 0 Å². The quantitative estimate of drug-likeness (QED) is 0.517. The van der Waals surface area contributed by atoms with Gasteiger partial charge in [-0.1, -0.05) is 62.9 Å². The number of hydrogen-bond donors (Lipinski definition) is 0. The van der Waals surface area contributed by atoms with Crippen LogP contribution in [0.2, 0.25) is 18.6 Å². The van der Waals surface area contributed by atoms with Crippen LogP contribution in [0.3, 0.4) is 0 Å². The minimum absolute atomic E-state index is 1.11. The molecule has 4 aliphatic rings. The highest BCUT2D eigenvalue weighted by molar-refractivity contribution is 6.86. The van der Waals surface area contributed by atoms with E-state index in [1.165, 1.54) is 44.9 Å². The van der Waals surface area contributed by atoms with Crippen LogP contribution in [0.15, 0.2) is 22.4 Å². The molecule has 0 radical (unpaired) electrons. The summed E-state index contributed by atoms with van der Waals surface area (Å²) in [5.74, 6) is 2.22. The summed E-state index contributed by atoms with van der Waals surface area (Å²) in [7, 11) is -1.23. The van der Waals surface area contributed by atoms with Crippen molar-refractivity contribution in [1.82, 2.24) is 0 Å². The van der Waals surface area contributed by atoms with Crippen LogP contribution in [-0.2, 0) is 0 Å². The highest BCUT2D eigenvalue weighted by atomic mass is 28.3. The molecule has 0 aliphatic heterocycles. The molecule has 0 heterocycles. The Hall–Kier alpha value is -0.303. The van der Waals surface area contributed by atoms with E-state index in [9.17, 15) is 0 Å². The van der Waals surface area contributed by atoms with Crippen molar-refractivity contribution in [3.8, 4) is 0 Å². The lowest BCUT2D eigenvalue weighted by Crippen LogP contribution is -2.39. The van der Waals surface area contributed by atoms with E-state index in [0.717, 1.165) is 17.4 Å². The van der Waals surface area contributed by atoms with E-state index < -0.39 is 8.07 Å². The van der Waals surface area contributed by atoms with Gasteiger partial charge in [-0.3, -0.25) is 0 Å². The largest absolute Gasteiger partial charge is 0.0795 e. The predicted octanol–water partition coefficient (Wildman–Crippen LogP) is 6.41. The molecule has 0 aromatic carbocycles. The lowest BCUT2D eigenvalue weighted by Gasteiger charge is -2.40. The molecule has 3 unspecified atom stereocenters. The van der Waals surface area contributed by atoms with Crippen LogP contribution >= 0.6 is 0 Å². The second-order valence-corrected chi connectivity index (χ2v) is 13.5. The van der Waals surface area contributed by atoms with Gasteiger partial charge in [0.25, 0.3) is 0 Å². The fourth-order valence-electron chi connectivity index (χ4n) is 6.35. The number of fused-ring (bicyclic) bond motifs is 2. The lowest BCUT2D eigenvalue weighted by molar-refractivity contribution is 0.275. The second kappa shape index (κ2) is 5.40. The molecule has 0 amide bonds. The van der Waals surface area contributed by atoms with Gasteiger partial charge in [0.05, 0.1) is 8.07 Å². The lowest BCUT2D eigenvalue weighted by atomic mass is 9.82. The zero-order valence-electron chi connectivity index (χ0n) is 14.1. The van der Waals surface area contributed by atoms with E-state index in [2.05, 4.69) is 19.2 Å². The molecule has 0 spiro atoms. The van der Waals surface area contributed by atoms with Gasteiger partial charge in [0.15, 0.2) is 0 Å². The molecule has 4 aliphatic carbocycles. The summed E-state index contributed by atoms with van der Waals surface area (Å²) < 4.78 is 0. The summed E-state index contributed by atoms with van der Waals surface area (Å²) in [5.41, 5.74) is 4.76. The van der Waals surface area contributed by atoms with Crippen molar-refractivity contribution in [1.29, 1.82) is 0 Å². The van der Waals surface area contributed by atoms with E-state index in [-0.39, 0.29) is 0 Å². The maximum atomic E-state index is 2.74. The molecule has 4 rings (SSSR count). The molecular weight excluding hydrogens is 268 g/mol. The van der Waals surface area contributed by atoms with Crippen molar-refractivity contribution >= 4 is 8.07 Å². The van der Waals surface area contributed by atoms with Crippen LogP contribution in [0.25, 0.3) is 0 Å². The molecular formula is C20H32Si. The van der Waals surface area contributed by atoms with Crippen molar-refractivity contribution in [2.75, 3.05) is 0 Å². The zero-order valence-corrected chi connectivity index (χ0v) is 15.1. The predicted molar refractivity (Wildman–Crippen MR) is 94.1 cm³/mol. The maximum absolute atomic E-state index is 2.74. The molecule has 21 heavy (non-hydrogen) atoms. The van der Waals surface area contributed by atoms with Crippen LogP contribution in [-0.4, -0.2) is 8.07 Å². The minimum Gasteiger partial charge on any atom is -0.0774 e. The highest BCUT2D eigenvalue weighted by Gasteiger charge is 2.48. The number of rotatable bonds is 2. The molecule has 3 atom stereocenters. The van der Waals surface area contributed by atoms with Gasteiger partial charge in [-0.2, -0.15) is 0 Å². The topological polar surface area (TPSA) is 0 Å². The van der Waals surface area contributed by atoms with Gasteiger partial charge >= 0.3 is 0 Å². The van der Waals surface area contributed by atoms with Crippen molar-refractivity contribution in [2.24, 2.45) is 11.8 Å². The minimum atomic E-state index is -1.23. The van der Waals surface area contributed by atoms with Gasteiger partial charge < -0.3 is 0 Å². The molecule has 3 fully saturated rings. The van der Waals surface area contributed by atoms with Gasteiger partial charge in [0.2, 0.25) is 0 Å². The monoisotopic (exact) mass is 300 g/mol. The summed E-state index contributed by atoms with van der Waals surface area (Å²) in [4.78, 5) is 0. The van der Waals surface area contributed by atoms with Crippen LogP contribution in [0.1, 0.15) is 70.6 Å². The molecule has 0 aromatic rings. The standard InChI is InChI=1S/C20H32Si/c1-21(2,19-13-11-15-7-3-5-9-17(15)19)20-14-12-16-8-4-6-10-18(16)20/h11,16,18,20H,3-10,12-14H2,1-2H3. The Balaban J connectivity index is 1.62. The Kier molecular flexibility index (Phi) is 3.68. The molecule has 1 heteroatoms. The third-order valence-electron chi connectivity index (χ3n) is 7.47. The van der Waals surface area contributed by atoms with E-state index in [0.29, 0.717) is 0 Å². The highest BCUT2D eigenvalue weighted by Crippen LogP contribution is 2.56. The third kappa shape index (κ3) is 2.31. The van der Waals surface area contributed by atoms with Crippen molar-refractivity contribution < 1.29 is 0 Å². The van der Waals surface area contributed by atoms with E-state index in [1.54, 1.807) is 31.3 Å². The number of allylic oxidation sites excluding steroid dienone is 4. The van der Waals surface area contributed by atoms with Crippen LogP contribution in [0.4, 0.5) is 0 Å². The fraction of sp³-hybridized carbons (Fsp3) is 0.800. The first-order chi connectivity index (χ1) is 10.2. The van der Waals surface area contributed by atoms with E-state index in [4.69, 9.17) is 0 Å². The molecule has 0 saturated heterocycles. The van der Waals surface area contributed by atoms with Gasteiger partial charge in [0, 0.05) is 0 Å². The zero-order chi connectivity index (χ0) is 14.4. The van der Waals surface area contributed by atoms with Gasteiger partial charge in [0.1, 0.15) is 0 Å². The molecule has 0 N–H and O–H groups in total. The number of hydrogen-bond acceptors (Lipinski definition) is 0. The molecule has 0 aromatic heterocycles. The Morgan fingerprint density at radius 3 is 2.62 bits per heavy atom. The Morgan fingerprint density at radius 2 is 1.71 bits per heavy atom. The van der Waals surface area contributed by atoms with Gasteiger partial charge in [-0.05, 0) is 60.6 Å². The molecule has 0 nitrogen and oxygen atoms in total. The van der Waals surface area contributed by atoms with E-state index >= 15 is 0 Å². The summed E-state index contributed by atoms with van der Waals surface area (Å²) in [6.07, 6.45) is 19.0. The smallest absolute Gasteiger partial charge is 0.0774 e. The molecule has 0 bridgehead atoms. The van der Waals surface area contributed by atoms with Crippen molar-refractivity contribution in [2.45, 2.75) is 89.3 Å². The fourth-order valence-corrected chi connectivity index (χ4v) is 10.9. The molecule has 116 valence electrons. The first-order valence-corrected chi connectivity index (χ1v) is 12.7. The molecule has 3 saturated carbocycles. The van der Waals surface area contributed by atoms with Gasteiger partial charge in [-0.15, -0.1) is 0 Å². The van der Waals surface area contributed by atoms with Crippen molar-refractivity contribution in [3.63, 3.8) is 0 Å². The summed E-state index contributed by atoms with van der Waals surface area (Å²) in [6.45, 7) is 5.48. The van der Waals surface area contributed by atoms with Crippen LogP contribution in [0, 0.1) is 11.8 Å². The average molecular weight is 301 g/mol. The summed E-state index contributed by atoms with van der Waals surface area (Å²) in [5, 5.41) is 1.99. The Bertz CT molecular complexity index is 482.